The van der Waals surface area contributed by atoms with Crippen molar-refractivity contribution in [3.63, 3.8) is 0 Å². The zero-order chi connectivity index (χ0) is 12.3. The van der Waals surface area contributed by atoms with Gasteiger partial charge in [0.05, 0.1) is 5.75 Å². The van der Waals surface area contributed by atoms with Crippen molar-refractivity contribution in [1.82, 2.24) is 25.5 Å². The van der Waals surface area contributed by atoms with Crippen molar-refractivity contribution in [3.05, 3.63) is 23.8 Å². The fraction of sp³-hybridized carbons (Fsp3) is 0.143. The van der Waals surface area contributed by atoms with Gasteiger partial charge in [-0.2, -0.15) is 0 Å². The molecule has 17 heavy (non-hydrogen) atoms. The Morgan fingerprint density at radius 2 is 2.47 bits per heavy atom. The first kappa shape index (κ1) is 11.4. The van der Waals surface area contributed by atoms with Gasteiger partial charge in [0.1, 0.15) is 12.1 Å². The SMILES string of the molecule is NNC(=O)c1cc(CSc2nncn2N)on1. The summed E-state index contributed by atoms with van der Waals surface area (Å²) in [6.07, 6.45) is 1.38. The molecule has 0 aromatic carbocycles. The third kappa shape index (κ3) is 2.54. The maximum Gasteiger partial charge on any atom is 0.287 e. The van der Waals surface area contributed by atoms with Crippen LogP contribution < -0.4 is 17.1 Å². The van der Waals surface area contributed by atoms with Gasteiger partial charge in [0, 0.05) is 6.07 Å². The number of hydrazine groups is 1. The predicted octanol–water partition coefficient (Wildman–Crippen LogP) is -1.12. The first-order chi connectivity index (χ1) is 8.20. The number of rotatable bonds is 4. The molecular weight excluding hydrogens is 246 g/mol. The van der Waals surface area contributed by atoms with Crippen LogP contribution in [0.25, 0.3) is 0 Å². The maximum absolute atomic E-state index is 11.1. The van der Waals surface area contributed by atoms with E-state index >= 15 is 0 Å². The van der Waals surface area contributed by atoms with Gasteiger partial charge in [-0.1, -0.05) is 16.9 Å². The number of nitrogens with zero attached hydrogens (tertiary/aromatic N) is 4. The summed E-state index contributed by atoms with van der Waals surface area (Å²) < 4.78 is 6.23. The van der Waals surface area contributed by atoms with E-state index in [1.165, 1.54) is 28.8 Å². The van der Waals surface area contributed by atoms with Gasteiger partial charge in [-0.25, -0.2) is 10.5 Å². The number of amides is 1. The predicted molar refractivity (Wildman–Crippen MR) is 57.9 cm³/mol. The lowest BCUT2D eigenvalue weighted by atomic mass is 10.4. The highest BCUT2D eigenvalue weighted by Gasteiger charge is 2.12. The van der Waals surface area contributed by atoms with E-state index in [9.17, 15) is 4.79 Å². The molecule has 2 aromatic heterocycles. The monoisotopic (exact) mass is 255 g/mol. The molecule has 0 bridgehead atoms. The summed E-state index contributed by atoms with van der Waals surface area (Å²) in [5, 5.41) is 11.5. The Labute approximate surface area is 99.5 Å². The molecule has 0 aliphatic heterocycles. The molecule has 90 valence electrons. The normalized spacial score (nSPS) is 10.4. The van der Waals surface area contributed by atoms with Crippen LogP contribution in [0.1, 0.15) is 16.2 Å². The molecule has 10 heteroatoms. The molecule has 0 aliphatic carbocycles. The van der Waals surface area contributed by atoms with Crippen molar-refractivity contribution in [2.24, 2.45) is 5.84 Å². The van der Waals surface area contributed by atoms with E-state index in [1.807, 2.05) is 5.43 Å². The van der Waals surface area contributed by atoms with Crippen molar-refractivity contribution in [3.8, 4) is 0 Å². The van der Waals surface area contributed by atoms with Crippen LogP contribution >= 0.6 is 11.8 Å². The number of hydrogen-bond acceptors (Lipinski definition) is 8. The average Bonchev–Trinajstić information content (AvgIpc) is 2.94. The number of nitrogens with two attached hydrogens (primary N) is 2. The van der Waals surface area contributed by atoms with Crippen LogP contribution in [0.5, 0.6) is 0 Å². The minimum atomic E-state index is -0.507. The molecule has 0 unspecified atom stereocenters. The van der Waals surface area contributed by atoms with E-state index in [4.69, 9.17) is 16.2 Å². The van der Waals surface area contributed by atoms with E-state index < -0.39 is 5.91 Å². The molecule has 0 saturated carbocycles. The molecule has 5 N–H and O–H groups in total. The number of hydrogen-bond donors (Lipinski definition) is 3. The maximum atomic E-state index is 11.1. The quantitative estimate of drug-likeness (QED) is 0.270. The fourth-order valence-corrected chi connectivity index (χ4v) is 1.74. The molecule has 2 heterocycles. The molecule has 0 atom stereocenters. The Balaban J connectivity index is 1.98. The van der Waals surface area contributed by atoms with Crippen molar-refractivity contribution >= 4 is 17.7 Å². The fourth-order valence-electron chi connectivity index (χ4n) is 1.03. The van der Waals surface area contributed by atoms with E-state index in [0.29, 0.717) is 16.7 Å². The van der Waals surface area contributed by atoms with Gasteiger partial charge in [0.15, 0.2) is 5.69 Å². The molecule has 2 aromatic rings. The van der Waals surface area contributed by atoms with Gasteiger partial charge in [-0.3, -0.25) is 10.2 Å². The third-order valence-electron chi connectivity index (χ3n) is 1.81. The van der Waals surface area contributed by atoms with E-state index in [-0.39, 0.29) is 5.69 Å². The molecule has 0 aliphatic rings. The molecule has 2 rings (SSSR count). The summed E-state index contributed by atoms with van der Waals surface area (Å²) in [7, 11) is 0. The van der Waals surface area contributed by atoms with Gasteiger partial charge < -0.3 is 10.4 Å². The number of carbonyl (C=O) groups excluding carboxylic acids is 1. The van der Waals surface area contributed by atoms with Crippen LogP contribution in [0.4, 0.5) is 0 Å². The van der Waals surface area contributed by atoms with Crippen LogP contribution in [0.15, 0.2) is 22.1 Å². The lowest BCUT2D eigenvalue weighted by Gasteiger charge is -1.96. The third-order valence-corrected chi connectivity index (χ3v) is 2.79. The van der Waals surface area contributed by atoms with Gasteiger partial charge >= 0.3 is 0 Å². The van der Waals surface area contributed by atoms with Crippen LogP contribution in [0.2, 0.25) is 0 Å². The summed E-state index contributed by atoms with van der Waals surface area (Å²) >= 11 is 1.31. The van der Waals surface area contributed by atoms with Crippen molar-refractivity contribution in [1.29, 1.82) is 0 Å². The van der Waals surface area contributed by atoms with Crippen molar-refractivity contribution < 1.29 is 9.32 Å². The summed E-state index contributed by atoms with van der Waals surface area (Å²) in [6, 6.07) is 1.49. The largest absolute Gasteiger partial charge is 0.360 e. The summed E-state index contributed by atoms with van der Waals surface area (Å²) in [5.41, 5.74) is 2.08. The Hall–Kier alpha value is -2.07. The van der Waals surface area contributed by atoms with Crippen LogP contribution in [-0.4, -0.2) is 25.9 Å². The standard InChI is InChI=1S/C7H9N7O2S/c8-11-6(15)5-1-4(16-13-5)2-17-7-12-10-3-14(7)9/h1,3H,2,8-9H2,(H,11,15). The highest BCUT2D eigenvalue weighted by molar-refractivity contribution is 7.98. The highest BCUT2D eigenvalue weighted by Crippen LogP contribution is 2.19. The lowest BCUT2D eigenvalue weighted by Crippen LogP contribution is -2.30. The Morgan fingerprint density at radius 1 is 1.65 bits per heavy atom. The number of aromatic nitrogens is 4. The number of nitrogen functional groups attached to an aromatic ring is 2. The molecule has 0 radical (unpaired) electrons. The number of thioether (sulfide) groups is 1. The van der Waals surface area contributed by atoms with Crippen molar-refractivity contribution in [2.75, 3.05) is 5.84 Å². The Kier molecular flexibility index (Phi) is 3.25. The summed E-state index contributed by atoms with van der Waals surface area (Å²) in [4.78, 5) is 11.1. The Morgan fingerprint density at radius 3 is 3.12 bits per heavy atom. The molecule has 0 saturated heterocycles. The summed E-state index contributed by atoms with van der Waals surface area (Å²) in [6.45, 7) is 0. The Bertz CT molecular complexity index is 522. The average molecular weight is 255 g/mol. The lowest BCUT2D eigenvalue weighted by molar-refractivity contribution is 0.0944. The van der Waals surface area contributed by atoms with Crippen LogP contribution in [0.3, 0.4) is 0 Å². The summed E-state index contributed by atoms with van der Waals surface area (Å²) in [5.74, 6) is 10.9. The van der Waals surface area contributed by atoms with Gasteiger partial charge in [-0.15, -0.1) is 10.2 Å². The van der Waals surface area contributed by atoms with Crippen LogP contribution in [0, 0.1) is 0 Å². The molecule has 0 spiro atoms. The second-order valence-electron chi connectivity index (χ2n) is 2.96. The highest BCUT2D eigenvalue weighted by atomic mass is 32.2. The minimum Gasteiger partial charge on any atom is -0.360 e. The second-order valence-corrected chi connectivity index (χ2v) is 3.90. The first-order valence-corrected chi connectivity index (χ1v) is 5.43. The zero-order valence-corrected chi connectivity index (χ0v) is 9.35. The smallest absolute Gasteiger partial charge is 0.287 e. The number of carbonyl (C=O) groups is 1. The van der Waals surface area contributed by atoms with Gasteiger partial charge in [-0.05, 0) is 0 Å². The zero-order valence-electron chi connectivity index (χ0n) is 8.53. The molecular formula is C7H9N7O2S. The van der Waals surface area contributed by atoms with Gasteiger partial charge in [0.25, 0.3) is 5.91 Å². The topological polar surface area (TPSA) is 138 Å². The molecule has 0 fully saturated rings. The van der Waals surface area contributed by atoms with Gasteiger partial charge in [0.2, 0.25) is 5.16 Å². The van der Waals surface area contributed by atoms with E-state index in [1.54, 1.807) is 0 Å². The number of nitrogens with one attached hydrogen (secondary N) is 1. The van der Waals surface area contributed by atoms with Crippen molar-refractivity contribution in [2.45, 2.75) is 10.9 Å². The second kappa shape index (κ2) is 4.84. The minimum absolute atomic E-state index is 0.123. The van der Waals surface area contributed by atoms with Crippen LogP contribution in [-0.2, 0) is 5.75 Å². The molecule has 1 amide bonds. The first-order valence-electron chi connectivity index (χ1n) is 4.45. The van der Waals surface area contributed by atoms with E-state index in [2.05, 4.69) is 15.4 Å². The van der Waals surface area contributed by atoms with E-state index in [0.717, 1.165) is 0 Å². The molecule has 9 nitrogen and oxygen atoms in total.